The molecular formula is C18H30N2O3S. The first-order valence-corrected chi connectivity index (χ1v) is 10.1. The van der Waals surface area contributed by atoms with E-state index in [-0.39, 0.29) is 16.7 Å². The van der Waals surface area contributed by atoms with Gasteiger partial charge in [0, 0.05) is 6.54 Å². The fourth-order valence-corrected chi connectivity index (χ4v) is 3.57. The van der Waals surface area contributed by atoms with Crippen LogP contribution in [0.3, 0.4) is 0 Å². The number of benzene rings is 1. The van der Waals surface area contributed by atoms with Gasteiger partial charge in [0.05, 0.1) is 4.90 Å². The van der Waals surface area contributed by atoms with Gasteiger partial charge in [0.25, 0.3) is 0 Å². The van der Waals surface area contributed by atoms with Crippen LogP contribution in [0.25, 0.3) is 0 Å². The van der Waals surface area contributed by atoms with Crippen LogP contribution >= 0.6 is 0 Å². The first kappa shape index (κ1) is 20.6. The third-order valence-electron chi connectivity index (χ3n) is 3.73. The van der Waals surface area contributed by atoms with Crippen LogP contribution in [-0.4, -0.2) is 26.9 Å². The van der Waals surface area contributed by atoms with E-state index in [9.17, 15) is 13.2 Å². The molecule has 1 unspecified atom stereocenters. The van der Waals surface area contributed by atoms with Crippen molar-refractivity contribution in [2.24, 2.45) is 5.92 Å². The predicted molar refractivity (Wildman–Crippen MR) is 97.3 cm³/mol. The Bertz CT molecular complexity index is 610. The molecule has 1 amide bonds. The molecule has 0 aliphatic heterocycles. The molecule has 1 atom stereocenters. The third-order valence-corrected chi connectivity index (χ3v) is 5.22. The molecule has 136 valence electrons. The summed E-state index contributed by atoms with van der Waals surface area (Å²) in [5.74, 6) is -0.0485. The minimum Gasteiger partial charge on any atom is -0.355 e. The van der Waals surface area contributed by atoms with Crippen LogP contribution in [0.1, 0.15) is 52.0 Å². The van der Waals surface area contributed by atoms with Crippen LogP contribution < -0.4 is 10.0 Å². The van der Waals surface area contributed by atoms with Crippen molar-refractivity contribution in [2.75, 3.05) is 6.54 Å². The number of amides is 1. The molecule has 0 radical (unpaired) electrons. The van der Waals surface area contributed by atoms with E-state index >= 15 is 0 Å². The molecule has 2 N–H and O–H groups in total. The quantitative estimate of drug-likeness (QED) is 0.634. The number of sulfonamides is 1. The highest BCUT2D eigenvalue weighted by molar-refractivity contribution is 7.89. The Hall–Kier alpha value is -1.40. The number of rotatable bonds is 10. The Kier molecular flexibility index (Phi) is 8.42. The third kappa shape index (κ3) is 7.01. The molecule has 6 heteroatoms. The summed E-state index contributed by atoms with van der Waals surface area (Å²) < 4.78 is 27.6. The van der Waals surface area contributed by atoms with Crippen molar-refractivity contribution in [1.82, 2.24) is 10.0 Å². The second-order valence-corrected chi connectivity index (χ2v) is 8.33. The van der Waals surface area contributed by atoms with Gasteiger partial charge in [-0.2, -0.15) is 4.72 Å². The van der Waals surface area contributed by atoms with E-state index in [0.717, 1.165) is 24.8 Å². The number of nitrogens with one attached hydrogen (secondary N) is 2. The zero-order chi connectivity index (χ0) is 18.2. The summed E-state index contributed by atoms with van der Waals surface area (Å²) in [5.41, 5.74) is 0.987. The van der Waals surface area contributed by atoms with Crippen molar-refractivity contribution in [3.63, 3.8) is 0 Å². The average molecular weight is 355 g/mol. The molecule has 0 heterocycles. The lowest BCUT2D eigenvalue weighted by Gasteiger charge is -2.20. The highest BCUT2D eigenvalue weighted by Crippen LogP contribution is 2.13. The van der Waals surface area contributed by atoms with Gasteiger partial charge in [-0.3, -0.25) is 4.79 Å². The molecule has 0 aliphatic carbocycles. The minimum absolute atomic E-state index is 0.181. The summed E-state index contributed by atoms with van der Waals surface area (Å²) in [4.78, 5) is 12.5. The molecule has 0 aliphatic rings. The average Bonchev–Trinajstić information content (AvgIpc) is 2.50. The number of hydrogen-bond donors (Lipinski definition) is 2. The van der Waals surface area contributed by atoms with Crippen LogP contribution in [0.5, 0.6) is 0 Å². The Labute approximate surface area is 146 Å². The Morgan fingerprint density at radius 1 is 1.12 bits per heavy atom. The lowest BCUT2D eigenvalue weighted by atomic mass is 10.0. The first-order chi connectivity index (χ1) is 11.3. The van der Waals surface area contributed by atoms with Crippen molar-refractivity contribution in [3.8, 4) is 0 Å². The number of carbonyl (C=O) groups excluding carboxylic acids is 1. The fraction of sp³-hybridized carbons (Fsp3) is 0.611. The van der Waals surface area contributed by atoms with E-state index in [0.29, 0.717) is 13.0 Å². The summed E-state index contributed by atoms with van der Waals surface area (Å²) in [6.07, 6.45) is 3.49. The molecule has 1 aromatic rings. The predicted octanol–water partition coefficient (Wildman–Crippen LogP) is 2.99. The summed E-state index contributed by atoms with van der Waals surface area (Å²) in [7, 11) is -3.71. The SMILES string of the molecule is CCCCCNC(=O)C(CC(C)C)NS(=O)(=O)c1ccc(C)cc1. The molecule has 1 rings (SSSR count). The van der Waals surface area contributed by atoms with Gasteiger partial charge >= 0.3 is 0 Å². The smallest absolute Gasteiger partial charge is 0.241 e. The summed E-state index contributed by atoms with van der Waals surface area (Å²) in [6, 6.07) is 5.86. The molecular weight excluding hydrogens is 324 g/mol. The monoisotopic (exact) mass is 354 g/mol. The Morgan fingerprint density at radius 3 is 2.29 bits per heavy atom. The molecule has 0 aromatic heterocycles. The summed E-state index contributed by atoms with van der Waals surface area (Å²) in [6.45, 7) is 8.51. The maximum absolute atomic E-state index is 12.5. The lowest BCUT2D eigenvalue weighted by molar-refractivity contribution is -0.123. The van der Waals surface area contributed by atoms with E-state index in [4.69, 9.17) is 0 Å². The van der Waals surface area contributed by atoms with Crippen molar-refractivity contribution in [2.45, 2.75) is 64.3 Å². The molecule has 0 fully saturated rings. The number of aryl methyl sites for hydroxylation is 1. The van der Waals surface area contributed by atoms with Gasteiger partial charge in [0.15, 0.2) is 0 Å². The van der Waals surface area contributed by atoms with E-state index in [1.54, 1.807) is 24.3 Å². The van der Waals surface area contributed by atoms with E-state index < -0.39 is 16.1 Å². The maximum atomic E-state index is 12.5. The van der Waals surface area contributed by atoms with Crippen LogP contribution in [0.2, 0.25) is 0 Å². The highest BCUT2D eigenvalue weighted by atomic mass is 32.2. The van der Waals surface area contributed by atoms with E-state index in [2.05, 4.69) is 17.0 Å². The lowest BCUT2D eigenvalue weighted by Crippen LogP contribution is -2.47. The standard InChI is InChI=1S/C18H30N2O3S/c1-5-6-7-12-19-18(21)17(13-14(2)3)20-24(22,23)16-10-8-15(4)9-11-16/h8-11,14,17,20H,5-7,12-13H2,1-4H3,(H,19,21). The molecule has 0 saturated carbocycles. The van der Waals surface area contributed by atoms with Crippen molar-refractivity contribution < 1.29 is 13.2 Å². The second-order valence-electron chi connectivity index (χ2n) is 6.61. The molecule has 0 spiro atoms. The summed E-state index contributed by atoms with van der Waals surface area (Å²) in [5, 5.41) is 2.84. The fourth-order valence-electron chi connectivity index (χ4n) is 2.36. The van der Waals surface area contributed by atoms with Crippen LogP contribution in [0, 0.1) is 12.8 Å². The topological polar surface area (TPSA) is 75.3 Å². The van der Waals surface area contributed by atoms with Gasteiger partial charge in [-0.05, 0) is 37.8 Å². The van der Waals surface area contributed by atoms with Gasteiger partial charge in [-0.15, -0.1) is 0 Å². The largest absolute Gasteiger partial charge is 0.355 e. The van der Waals surface area contributed by atoms with E-state index in [1.165, 1.54) is 0 Å². The van der Waals surface area contributed by atoms with Crippen LogP contribution in [0.4, 0.5) is 0 Å². The number of hydrogen-bond acceptors (Lipinski definition) is 3. The van der Waals surface area contributed by atoms with Crippen LogP contribution in [0.15, 0.2) is 29.2 Å². The Morgan fingerprint density at radius 2 is 1.75 bits per heavy atom. The Balaban J connectivity index is 2.80. The molecule has 1 aromatic carbocycles. The molecule has 5 nitrogen and oxygen atoms in total. The molecule has 0 bridgehead atoms. The van der Waals surface area contributed by atoms with Gasteiger partial charge < -0.3 is 5.32 Å². The number of carbonyl (C=O) groups is 1. The van der Waals surface area contributed by atoms with E-state index in [1.807, 2.05) is 20.8 Å². The first-order valence-electron chi connectivity index (χ1n) is 8.63. The van der Waals surface area contributed by atoms with Crippen molar-refractivity contribution in [1.29, 1.82) is 0 Å². The maximum Gasteiger partial charge on any atom is 0.241 e. The molecule has 0 saturated heterocycles. The second kappa shape index (κ2) is 9.79. The highest BCUT2D eigenvalue weighted by Gasteiger charge is 2.26. The van der Waals surface area contributed by atoms with Gasteiger partial charge in [0.1, 0.15) is 6.04 Å². The van der Waals surface area contributed by atoms with Gasteiger partial charge in [-0.25, -0.2) is 8.42 Å². The zero-order valence-corrected chi connectivity index (χ0v) is 15.9. The van der Waals surface area contributed by atoms with Gasteiger partial charge in [-0.1, -0.05) is 51.3 Å². The van der Waals surface area contributed by atoms with Crippen molar-refractivity contribution in [3.05, 3.63) is 29.8 Å². The van der Waals surface area contributed by atoms with Crippen molar-refractivity contribution >= 4 is 15.9 Å². The number of unbranched alkanes of at least 4 members (excludes halogenated alkanes) is 2. The zero-order valence-electron chi connectivity index (χ0n) is 15.1. The van der Waals surface area contributed by atoms with Crippen LogP contribution in [-0.2, 0) is 14.8 Å². The molecule has 24 heavy (non-hydrogen) atoms. The van der Waals surface area contributed by atoms with Gasteiger partial charge in [0.2, 0.25) is 15.9 Å². The minimum atomic E-state index is -3.71. The normalized spacial score (nSPS) is 13.0. The summed E-state index contributed by atoms with van der Waals surface area (Å²) >= 11 is 0.